The summed E-state index contributed by atoms with van der Waals surface area (Å²) in [6.45, 7) is 4.09. The van der Waals surface area contributed by atoms with E-state index in [1.807, 2.05) is 6.92 Å². The van der Waals surface area contributed by atoms with E-state index in [4.69, 9.17) is 18.9 Å². The number of rotatable bonds is 19. The van der Waals surface area contributed by atoms with E-state index < -0.39 is 91.5 Å². The molecule has 1 amide bonds. The Morgan fingerprint density at radius 3 is 1.80 bits per heavy atom. The molecule has 1 fully saturated rings. The van der Waals surface area contributed by atoms with Gasteiger partial charge in [0.2, 0.25) is 12.2 Å². The van der Waals surface area contributed by atoms with Crippen LogP contribution in [-0.2, 0) is 47.6 Å². The van der Waals surface area contributed by atoms with Crippen LogP contribution in [0.4, 0.5) is 26.3 Å². The van der Waals surface area contributed by atoms with Crippen molar-refractivity contribution in [2.75, 3.05) is 13.2 Å². The number of esters is 3. The summed E-state index contributed by atoms with van der Waals surface area (Å²) in [5, 5.41) is 2.11. The second-order valence-electron chi connectivity index (χ2n) is 10.3. The summed E-state index contributed by atoms with van der Waals surface area (Å²) in [5.41, 5.74) is 0. The van der Waals surface area contributed by atoms with Crippen LogP contribution >= 0.6 is 0 Å². The Bertz CT molecular complexity index is 1030. The van der Waals surface area contributed by atoms with Crippen LogP contribution in [0.2, 0.25) is 0 Å². The first-order chi connectivity index (χ1) is 20.9. The number of halogens is 6. The molecule has 17 heteroatoms. The Morgan fingerprint density at radius 1 is 0.756 bits per heavy atom. The highest BCUT2D eigenvalue weighted by molar-refractivity contribution is 5.73. The van der Waals surface area contributed by atoms with Gasteiger partial charge in [-0.15, -0.1) is 0 Å². The van der Waals surface area contributed by atoms with Crippen molar-refractivity contribution in [1.29, 1.82) is 0 Å². The number of hydrogen-bond acceptors (Lipinski definition) is 10. The maximum Gasteiger partial charge on any atom is 0.426 e. The highest BCUT2D eigenvalue weighted by Gasteiger charge is 2.64. The summed E-state index contributed by atoms with van der Waals surface area (Å²) in [6, 6.07) is -4.77. The van der Waals surface area contributed by atoms with Gasteiger partial charge in [0.05, 0.1) is 6.61 Å². The largest absolute Gasteiger partial charge is 0.463 e. The summed E-state index contributed by atoms with van der Waals surface area (Å²) in [6.07, 6.45) is -7.18. The van der Waals surface area contributed by atoms with Crippen molar-refractivity contribution in [3.63, 3.8) is 0 Å². The van der Waals surface area contributed by atoms with Gasteiger partial charge in [-0.2, -0.15) is 26.3 Å². The Labute approximate surface area is 257 Å². The predicted molar refractivity (Wildman–Crippen MR) is 143 cm³/mol. The molecule has 1 aliphatic heterocycles. The zero-order chi connectivity index (χ0) is 34.4. The van der Waals surface area contributed by atoms with Gasteiger partial charge in [0.15, 0.2) is 12.2 Å². The first-order valence-electron chi connectivity index (χ1n) is 14.5. The van der Waals surface area contributed by atoms with Crippen molar-refractivity contribution >= 4 is 23.8 Å². The number of amides is 1. The van der Waals surface area contributed by atoms with Crippen LogP contribution < -0.4 is 5.32 Å². The number of carbonyl (C=O) groups is 4. The van der Waals surface area contributed by atoms with Gasteiger partial charge in [-0.25, -0.2) is 0 Å². The number of carbonyl (C=O) groups excluding carboxylic acids is 4. The predicted octanol–water partition coefficient (Wildman–Crippen LogP) is 5.15. The Kier molecular flexibility index (Phi) is 16.7. The molecule has 5 atom stereocenters. The molecule has 1 aliphatic rings. The molecule has 0 spiro atoms. The number of ether oxygens (including phenoxy) is 6. The van der Waals surface area contributed by atoms with Crippen LogP contribution in [0.25, 0.3) is 0 Å². The van der Waals surface area contributed by atoms with Crippen molar-refractivity contribution in [1.82, 2.24) is 5.32 Å². The molecule has 45 heavy (non-hydrogen) atoms. The lowest BCUT2D eigenvalue weighted by Crippen LogP contribution is -2.66. The first kappa shape index (κ1) is 39.9. The SMILES string of the molecule is CCCCCCCCCCOC(F)(F)C(F)(F)C(F)=C(F)O[C@@H]1O[C@H](COC(C)=O)[C@@H](OC(C)=O)[C@H](OC(C)=O)[C@H]1NC(C)=O. The summed E-state index contributed by atoms with van der Waals surface area (Å²) >= 11 is 0. The van der Waals surface area contributed by atoms with E-state index in [9.17, 15) is 45.5 Å². The number of alkyl halides is 4. The monoisotopic (exact) mass is 665 g/mol. The molecule has 1 saturated heterocycles. The second-order valence-corrected chi connectivity index (χ2v) is 10.3. The first-order valence-corrected chi connectivity index (χ1v) is 14.5. The third-order valence-electron chi connectivity index (χ3n) is 6.39. The minimum absolute atomic E-state index is 0.0389. The molecule has 1 rings (SSSR count). The fourth-order valence-electron chi connectivity index (χ4n) is 4.32. The van der Waals surface area contributed by atoms with Gasteiger partial charge in [-0.1, -0.05) is 51.9 Å². The Balaban J connectivity index is 3.21. The summed E-state index contributed by atoms with van der Waals surface area (Å²) in [4.78, 5) is 46.9. The molecular formula is C28H41F6NO10. The molecule has 260 valence electrons. The molecule has 0 aromatic heterocycles. The molecule has 1 heterocycles. The summed E-state index contributed by atoms with van der Waals surface area (Å²) < 4.78 is 116. The zero-order valence-electron chi connectivity index (χ0n) is 25.8. The lowest BCUT2D eigenvalue weighted by atomic mass is 9.96. The molecule has 0 bridgehead atoms. The molecule has 0 unspecified atom stereocenters. The van der Waals surface area contributed by atoms with Crippen LogP contribution in [0, 0.1) is 0 Å². The van der Waals surface area contributed by atoms with Crippen molar-refractivity contribution in [2.24, 2.45) is 0 Å². The molecule has 0 aliphatic carbocycles. The van der Waals surface area contributed by atoms with E-state index in [0.29, 0.717) is 12.8 Å². The van der Waals surface area contributed by atoms with Crippen LogP contribution in [0.3, 0.4) is 0 Å². The fourth-order valence-corrected chi connectivity index (χ4v) is 4.32. The number of unbranched alkanes of at least 4 members (excludes halogenated alkanes) is 7. The van der Waals surface area contributed by atoms with Gasteiger partial charge in [-0.05, 0) is 6.42 Å². The van der Waals surface area contributed by atoms with Crippen LogP contribution in [0.5, 0.6) is 0 Å². The van der Waals surface area contributed by atoms with Gasteiger partial charge < -0.3 is 33.7 Å². The van der Waals surface area contributed by atoms with Gasteiger partial charge in [0, 0.05) is 27.7 Å². The maximum atomic E-state index is 14.8. The molecule has 0 radical (unpaired) electrons. The lowest BCUT2D eigenvalue weighted by Gasteiger charge is -2.44. The Morgan fingerprint density at radius 2 is 1.29 bits per heavy atom. The average Bonchev–Trinajstić information content (AvgIpc) is 2.92. The smallest absolute Gasteiger partial charge is 0.426 e. The van der Waals surface area contributed by atoms with E-state index in [1.54, 1.807) is 0 Å². The quantitative estimate of drug-likeness (QED) is 0.0649. The van der Waals surface area contributed by atoms with E-state index in [2.05, 4.69) is 14.8 Å². The van der Waals surface area contributed by atoms with E-state index in [-0.39, 0.29) is 6.42 Å². The number of nitrogens with one attached hydrogen (secondary N) is 1. The van der Waals surface area contributed by atoms with Crippen molar-refractivity contribution in [3.8, 4) is 0 Å². The van der Waals surface area contributed by atoms with Crippen molar-refractivity contribution in [3.05, 3.63) is 11.8 Å². The highest BCUT2D eigenvalue weighted by Crippen LogP contribution is 2.44. The molecule has 0 saturated carbocycles. The third kappa shape index (κ3) is 13.0. The third-order valence-corrected chi connectivity index (χ3v) is 6.39. The number of hydrogen-bond donors (Lipinski definition) is 1. The van der Waals surface area contributed by atoms with E-state index in [1.165, 1.54) is 0 Å². The molecule has 11 nitrogen and oxygen atoms in total. The zero-order valence-corrected chi connectivity index (χ0v) is 25.8. The minimum atomic E-state index is -5.86. The Hall–Kier alpha value is -3.08. The molecular weight excluding hydrogens is 624 g/mol. The average molecular weight is 666 g/mol. The molecule has 1 N–H and O–H groups in total. The maximum absolute atomic E-state index is 14.8. The van der Waals surface area contributed by atoms with Crippen LogP contribution in [-0.4, -0.2) is 79.7 Å². The van der Waals surface area contributed by atoms with Gasteiger partial charge in [0.25, 0.3) is 5.83 Å². The van der Waals surface area contributed by atoms with Crippen LogP contribution in [0.15, 0.2) is 11.8 Å². The van der Waals surface area contributed by atoms with E-state index >= 15 is 0 Å². The summed E-state index contributed by atoms with van der Waals surface area (Å²) in [7, 11) is 0. The minimum Gasteiger partial charge on any atom is -0.463 e. The summed E-state index contributed by atoms with van der Waals surface area (Å²) in [5.74, 6) is -13.1. The molecule has 0 aromatic rings. The molecule has 0 aromatic carbocycles. The van der Waals surface area contributed by atoms with Crippen LogP contribution in [0.1, 0.15) is 86.0 Å². The van der Waals surface area contributed by atoms with Gasteiger partial charge in [0.1, 0.15) is 18.8 Å². The normalized spacial score (nSPS) is 22.6. The standard InChI is InChI=1S/C28H41F6NO10/c1-6-7-8-9-10-11-12-13-14-41-28(33,34)27(31,32)24(29)25(30)45-26-21(35-16(2)36)23(43-19(5)39)22(42-18(4)38)20(44-26)15-40-17(3)37/h20-23,26H,6-15H2,1-5H3,(H,35,36)/t20-,21-,22-,23-,26+/m1/s1. The van der Waals surface area contributed by atoms with E-state index in [0.717, 1.165) is 59.8 Å². The lowest BCUT2D eigenvalue weighted by molar-refractivity contribution is -0.340. The van der Waals surface area contributed by atoms with Gasteiger partial charge >= 0.3 is 36.0 Å². The van der Waals surface area contributed by atoms with Gasteiger partial charge in [-0.3, -0.25) is 19.2 Å². The fraction of sp³-hybridized carbons (Fsp3) is 0.786. The van der Waals surface area contributed by atoms with Crippen molar-refractivity contribution in [2.45, 2.75) is 129 Å². The topological polar surface area (TPSA) is 136 Å². The van der Waals surface area contributed by atoms with Crippen molar-refractivity contribution < 1.29 is 73.9 Å². The highest BCUT2D eigenvalue weighted by atomic mass is 19.3. The second kappa shape index (κ2) is 18.8.